The number of carbonyl (C=O) groups is 1. The minimum Gasteiger partial charge on any atom is -0.494 e. The summed E-state index contributed by atoms with van der Waals surface area (Å²) in [5, 5.41) is 9.54. The molecule has 0 spiro atoms. The van der Waals surface area contributed by atoms with Gasteiger partial charge in [0.1, 0.15) is 5.75 Å². The van der Waals surface area contributed by atoms with E-state index in [0.29, 0.717) is 12.2 Å². The van der Waals surface area contributed by atoms with E-state index >= 15 is 0 Å². The number of rotatable bonds is 8. The third kappa shape index (κ3) is 5.58. The van der Waals surface area contributed by atoms with Gasteiger partial charge in [0, 0.05) is 0 Å². The highest BCUT2D eigenvalue weighted by Crippen LogP contribution is 2.21. The number of aryl methyl sites for hydroxylation is 1. The predicted octanol–water partition coefficient (Wildman–Crippen LogP) is 5.32. The van der Waals surface area contributed by atoms with Crippen molar-refractivity contribution in [2.75, 3.05) is 6.61 Å². The van der Waals surface area contributed by atoms with Crippen LogP contribution in [0.3, 0.4) is 0 Å². The standard InChI is InChI=1S/C24H22O3/c25-24(26)23(21-13-5-2-6-14-21)18-20-11-7-15-22(17-20)27-16-8-12-19-9-3-1-4-10-19/h1-7,9-11,13-15,17-18H,8,12,16H2,(H,25,26)/b23-18-. The van der Waals surface area contributed by atoms with Gasteiger partial charge in [-0.25, -0.2) is 4.79 Å². The third-order valence-electron chi connectivity index (χ3n) is 4.21. The molecular weight excluding hydrogens is 336 g/mol. The lowest BCUT2D eigenvalue weighted by Crippen LogP contribution is -2.00. The Bertz CT molecular complexity index is 899. The van der Waals surface area contributed by atoms with E-state index < -0.39 is 5.97 Å². The molecule has 1 N–H and O–H groups in total. The van der Waals surface area contributed by atoms with Gasteiger partial charge in [0.2, 0.25) is 0 Å². The molecule has 0 saturated heterocycles. The van der Waals surface area contributed by atoms with E-state index in [4.69, 9.17) is 4.74 Å². The van der Waals surface area contributed by atoms with Crippen LogP contribution in [0.15, 0.2) is 84.9 Å². The zero-order valence-corrected chi connectivity index (χ0v) is 15.0. The highest BCUT2D eigenvalue weighted by molar-refractivity contribution is 6.20. The molecule has 0 aliphatic heterocycles. The summed E-state index contributed by atoms with van der Waals surface area (Å²) in [6, 6.07) is 27.0. The number of carboxylic acid groups (broad SMARTS) is 1. The van der Waals surface area contributed by atoms with Crippen molar-refractivity contribution in [3.63, 3.8) is 0 Å². The zero-order valence-electron chi connectivity index (χ0n) is 15.0. The summed E-state index contributed by atoms with van der Waals surface area (Å²) >= 11 is 0. The van der Waals surface area contributed by atoms with Crippen molar-refractivity contribution < 1.29 is 14.6 Å². The second-order valence-corrected chi connectivity index (χ2v) is 6.24. The molecule has 3 rings (SSSR count). The van der Waals surface area contributed by atoms with Gasteiger partial charge < -0.3 is 9.84 Å². The Morgan fingerprint density at radius 1 is 0.889 bits per heavy atom. The number of benzene rings is 3. The van der Waals surface area contributed by atoms with Gasteiger partial charge in [-0.05, 0) is 47.7 Å². The van der Waals surface area contributed by atoms with Crippen molar-refractivity contribution in [2.45, 2.75) is 12.8 Å². The van der Waals surface area contributed by atoms with Gasteiger partial charge in [0.15, 0.2) is 0 Å². The normalized spacial score (nSPS) is 11.2. The zero-order chi connectivity index (χ0) is 18.9. The van der Waals surface area contributed by atoms with Gasteiger partial charge >= 0.3 is 5.97 Å². The molecular formula is C24H22O3. The van der Waals surface area contributed by atoms with Crippen LogP contribution in [0.25, 0.3) is 11.6 Å². The van der Waals surface area contributed by atoms with E-state index in [9.17, 15) is 9.90 Å². The summed E-state index contributed by atoms with van der Waals surface area (Å²) < 4.78 is 5.84. The van der Waals surface area contributed by atoms with Gasteiger partial charge in [0.25, 0.3) is 0 Å². The van der Waals surface area contributed by atoms with Gasteiger partial charge in [-0.1, -0.05) is 72.8 Å². The minimum absolute atomic E-state index is 0.261. The Labute approximate surface area is 159 Å². The summed E-state index contributed by atoms with van der Waals surface area (Å²) in [7, 11) is 0. The lowest BCUT2D eigenvalue weighted by atomic mass is 10.0. The molecule has 0 unspecified atom stereocenters. The van der Waals surface area contributed by atoms with Crippen LogP contribution >= 0.6 is 0 Å². The van der Waals surface area contributed by atoms with E-state index in [-0.39, 0.29) is 5.57 Å². The maximum absolute atomic E-state index is 11.6. The van der Waals surface area contributed by atoms with Crippen LogP contribution in [-0.4, -0.2) is 17.7 Å². The van der Waals surface area contributed by atoms with Crippen LogP contribution in [0.2, 0.25) is 0 Å². The van der Waals surface area contributed by atoms with Gasteiger partial charge in [0.05, 0.1) is 12.2 Å². The largest absolute Gasteiger partial charge is 0.494 e. The van der Waals surface area contributed by atoms with Crippen LogP contribution in [0.1, 0.15) is 23.1 Å². The number of aliphatic carboxylic acids is 1. The van der Waals surface area contributed by atoms with Crippen molar-refractivity contribution >= 4 is 17.6 Å². The summed E-state index contributed by atoms with van der Waals surface area (Å²) in [4.78, 5) is 11.6. The summed E-state index contributed by atoms with van der Waals surface area (Å²) in [6.07, 6.45) is 3.57. The first-order valence-corrected chi connectivity index (χ1v) is 8.99. The molecule has 3 aromatic carbocycles. The van der Waals surface area contributed by atoms with E-state index in [1.807, 2.05) is 60.7 Å². The van der Waals surface area contributed by atoms with Gasteiger partial charge in [-0.2, -0.15) is 0 Å². The molecule has 0 fully saturated rings. The fraction of sp³-hybridized carbons (Fsp3) is 0.125. The molecule has 0 amide bonds. The Balaban J connectivity index is 1.65. The molecule has 0 aliphatic rings. The van der Waals surface area contributed by atoms with E-state index in [1.165, 1.54) is 5.56 Å². The third-order valence-corrected chi connectivity index (χ3v) is 4.21. The van der Waals surface area contributed by atoms with Crippen LogP contribution in [0.5, 0.6) is 5.75 Å². The van der Waals surface area contributed by atoms with E-state index in [1.54, 1.807) is 18.2 Å². The smallest absolute Gasteiger partial charge is 0.336 e. The summed E-state index contributed by atoms with van der Waals surface area (Å²) in [5.41, 5.74) is 3.04. The average Bonchev–Trinajstić information content (AvgIpc) is 2.71. The Hall–Kier alpha value is -3.33. The van der Waals surface area contributed by atoms with Crippen LogP contribution in [0.4, 0.5) is 0 Å². The first-order chi connectivity index (χ1) is 13.2. The summed E-state index contributed by atoms with van der Waals surface area (Å²) in [6.45, 7) is 0.618. The van der Waals surface area contributed by atoms with E-state index in [2.05, 4.69) is 12.1 Å². The molecule has 0 atom stereocenters. The molecule has 0 saturated carbocycles. The SMILES string of the molecule is O=C(O)/C(=C\c1cccc(OCCCc2ccccc2)c1)c1ccccc1. The van der Waals surface area contributed by atoms with Crippen LogP contribution in [-0.2, 0) is 11.2 Å². The van der Waals surface area contributed by atoms with E-state index in [0.717, 1.165) is 24.2 Å². The van der Waals surface area contributed by atoms with Crippen molar-refractivity contribution in [2.24, 2.45) is 0 Å². The number of ether oxygens (including phenoxy) is 1. The fourth-order valence-electron chi connectivity index (χ4n) is 2.86. The molecule has 136 valence electrons. The minimum atomic E-state index is -0.949. The van der Waals surface area contributed by atoms with Crippen molar-refractivity contribution in [1.29, 1.82) is 0 Å². The van der Waals surface area contributed by atoms with Crippen molar-refractivity contribution in [3.8, 4) is 5.75 Å². The molecule has 0 heterocycles. The highest BCUT2D eigenvalue weighted by Gasteiger charge is 2.10. The second kappa shape index (κ2) is 9.39. The quantitative estimate of drug-likeness (QED) is 0.337. The van der Waals surface area contributed by atoms with Crippen LogP contribution < -0.4 is 4.74 Å². The topological polar surface area (TPSA) is 46.5 Å². The maximum Gasteiger partial charge on any atom is 0.336 e. The average molecular weight is 358 g/mol. The van der Waals surface area contributed by atoms with Gasteiger partial charge in [-0.15, -0.1) is 0 Å². The lowest BCUT2D eigenvalue weighted by molar-refractivity contribution is -0.130. The first kappa shape index (κ1) is 18.5. The number of hydrogen-bond donors (Lipinski definition) is 1. The Morgan fingerprint density at radius 3 is 2.30 bits per heavy atom. The second-order valence-electron chi connectivity index (χ2n) is 6.24. The molecule has 0 bridgehead atoms. The molecule has 0 radical (unpaired) electrons. The summed E-state index contributed by atoms with van der Waals surface area (Å²) in [5.74, 6) is -0.204. The number of carboxylic acids is 1. The van der Waals surface area contributed by atoms with Crippen molar-refractivity contribution in [3.05, 3.63) is 102 Å². The Morgan fingerprint density at radius 2 is 1.59 bits per heavy atom. The molecule has 0 aliphatic carbocycles. The molecule has 3 aromatic rings. The first-order valence-electron chi connectivity index (χ1n) is 8.99. The highest BCUT2D eigenvalue weighted by atomic mass is 16.5. The van der Waals surface area contributed by atoms with Crippen LogP contribution in [0, 0.1) is 0 Å². The van der Waals surface area contributed by atoms with Crippen molar-refractivity contribution in [1.82, 2.24) is 0 Å². The molecule has 3 nitrogen and oxygen atoms in total. The molecule has 3 heteroatoms. The lowest BCUT2D eigenvalue weighted by Gasteiger charge is -2.08. The maximum atomic E-state index is 11.6. The monoisotopic (exact) mass is 358 g/mol. The van der Waals surface area contributed by atoms with Gasteiger partial charge in [-0.3, -0.25) is 0 Å². The fourth-order valence-corrected chi connectivity index (χ4v) is 2.86. The number of hydrogen-bond acceptors (Lipinski definition) is 2. The molecule has 27 heavy (non-hydrogen) atoms. The predicted molar refractivity (Wildman–Crippen MR) is 109 cm³/mol. The molecule has 0 aromatic heterocycles. The Kier molecular flexibility index (Phi) is 6.42.